The fraction of sp³-hybridized carbons (Fsp3) is 0.364. The molecule has 0 aliphatic heterocycles. The van der Waals surface area contributed by atoms with Crippen LogP contribution in [0.25, 0.3) is 0 Å². The quantitative estimate of drug-likeness (QED) is 0.775. The summed E-state index contributed by atoms with van der Waals surface area (Å²) in [5.41, 5.74) is 1.65. The highest BCUT2D eigenvalue weighted by Gasteiger charge is 2.02. The lowest BCUT2D eigenvalue weighted by Gasteiger charge is -2.08. The second kappa shape index (κ2) is 5.34. The van der Waals surface area contributed by atoms with Crippen LogP contribution in [0.1, 0.15) is 12.0 Å². The molecule has 0 heterocycles. The van der Waals surface area contributed by atoms with Gasteiger partial charge in [-0.05, 0) is 24.6 Å². The van der Waals surface area contributed by atoms with Crippen LogP contribution >= 0.6 is 0 Å². The van der Waals surface area contributed by atoms with E-state index in [1.807, 2.05) is 6.92 Å². The van der Waals surface area contributed by atoms with Gasteiger partial charge in [0.05, 0.1) is 13.5 Å². The zero-order valence-corrected chi connectivity index (χ0v) is 8.84. The Morgan fingerprint density at radius 1 is 1.53 bits per heavy atom. The molecule has 82 valence electrons. The van der Waals surface area contributed by atoms with Crippen molar-refractivity contribution >= 4 is 11.7 Å². The maximum Gasteiger partial charge on any atom is 0.307 e. The molecule has 0 bridgehead atoms. The number of hydrogen-bond donors (Lipinski definition) is 1. The first-order valence-corrected chi connectivity index (χ1v) is 4.70. The average Bonchev–Trinajstić information content (AvgIpc) is 2.23. The molecular formula is C11H14FNO2. The van der Waals surface area contributed by atoms with Crippen molar-refractivity contribution in [3.8, 4) is 0 Å². The van der Waals surface area contributed by atoms with Crippen LogP contribution in [0.4, 0.5) is 10.1 Å². The minimum absolute atomic E-state index is 0.270. The van der Waals surface area contributed by atoms with Crippen LogP contribution in [0.3, 0.4) is 0 Å². The highest BCUT2D eigenvalue weighted by molar-refractivity contribution is 5.70. The number of rotatable bonds is 4. The lowest BCUT2D eigenvalue weighted by Crippen LogP contribution is -2.10. The lowest BCUT2D eigenvalue weighted by atomic mass is 10.2. The second-order valence-electron chi connectivity index (χ2n) is 3.21. The Kier molecular flexibility index (Phi) is 4.09. The summed E-state index contributed by atoms with van der Waals surface area (Å²) in [6.07, 6.45) is 0.270. The maximum atomic E-state index is 12.9. The van der Waals surface area contributed by atoms with Gasteiger partial charge in [-0.3, -0.25) is 4.79 Å². The van der Waals surface area contributed by atoms with E-state index in [-0.39, 0.29) is 18.2 Å². The Morgan fingerprint density at radius 2 is 2.27 bits per heavy atom. The molecule has 1 rings (SSSR count). The zero-order valence-electron chi connectivity index (χ0n) is 8.84. The fourth-order valence-corrected chi connectivity index (χ4v) is 1.19. The molecule has 1 aromatic carbocycles. The van der Waals surface area contributed by atoms with E-state index in [1.54, 1.807) is 6.07 Å². The van der Waals surface area contributed by atoms with Gasteiger partial charge in [-0.1, -0.05) is 6.07 Å². The number of aryl methyl sites for hydroxylation is 1. The third-order valence-corrected chi connectivity index (χ3v) is 2.07. The molecule has 1 N–H and O–H groups in total. The highest BCUT2D eigenvalue weighted by Crippen LogP contribution is 2.15. The van der Waals surface area contributed by atoms with Crippen LogP contribution in [0, 0.1) is 12.7 Å². The van der Waals surface area contributed by atoms with Crippen LogP contribution < -0.4 is 5.32 Å². The number of carbonyl (C=O) groups is 1. The SMILES string of the molecule is COC(=O)CCNc1cc(F)ccc1C. The van der Waals surface area contributed by atoms with E-state index in [0.29, 0.717) is 12.2 Å². The normalized spacial score (nSPS) is 9.80. The summed E-state index contributed by atoms with van der Waals surface area (Å²) in [7, 11) is 1.34. The molecule has 0 radical (unpaired) electrons. The number of carbonyl (C=O) groups excluding carboxylic acids is 1. The van der Waals surface area contributed by atoms with Gasteiger partial charge in [0, 0.05) is 12.2 Å². The summed E-state index contributed by atoms with van der Waals surface area (Å²) in [5.74, 6) is -0.572. The van der Waals surface area contributed by atoms with Crippen molar-refractivity contribution in [2.24, 2.45) is 0 Å². The number of halogens is 1. The predicted octanol–water partition coefficient (Wildman–Crippen LogP) is 2.11. The van der Waals surface area contributed by atoms with E-state index in [1.165, 1.54) is 19.2 Å². The number of ether oxygens (including phenoxy) is 1. The molecule has 0 aromatic heterocycles. The number of hydrogen-bond acceptors (Lipinski definition) is 3. The van der Waals surface area contributed by atoms with E-state index >= 15 is 0 Å². The Morgan fingerprint density at radius 3 is 2.93 bits per heavy atom. The topological polar surface area (TPSA) is 38.3 Å². The Balaban J connectivity index is 2.50. The van der Waals surface area contributed by atoms with Gasteiger partial charge in [0.2, 0.25) is 0 Å². The molecule has 0 aliphatic carbocycles. The van der Waals surface area contributed by atoms with E-state index in [0.717, 1.165) is 5.56 Å². The average molecular weight is 211 g/mol. The van der Waals surface area contributed by atoms with E-state index in [2.05, 4.69) is 10.1 Å². The Bertz CT molecular complexity index is 352. The van der Waals surface area contributed by atoms with Crippen molar-refractivity contribution in [3.63, 3.8) is 0 Å². The number of methoxy groups -OCH3 is 1. The van der Waals surface area contributed by atoms with Gasteiger partial charge in [-0.15, -0.1) is 0 Å². The van der Waals surface area contributed by atoms with Gasteiger partial charge in [0.15, 0.2) is 0 Å². The summed E-state index contributed by atoms with van der Waals surface area (Å²) < 4.78 is 17.4. The first-order valence-electron chi connectivity index (χ1n) is 4.70. The van der Waals surface area contributed by atoms with Crippen LogP contribution in [0.2, 0.25) is 0 Å². The van der Waals surface area contributed by atoms with Crippen molar-refractivity contribution in [1.82, 2.24) is 0 Å². The van der Waals surface area contributed by atoms with E-state index in [4.69, 9.17) is 0 Å². The monoisotopic (exact) mass is 211 g/mol. The Labute approximate surface area is 88.2 Å². The van der Waals surface area contributed by atoms with Crippen LogP contribution in [-0.2, 0) is 9.53 Å². The molecule has 15 heavy (non-hydrogen) atoms. The van der Waals surface area contributed by atoms with E-state index in [9.17, 15) is 9.18 Å². The standard InChI is InChI=1S/C11H14FNO2/c1-8-3-4-9(12)7-10(8)13-6-5-11(14)15-2/h3-4,7,13H,5-6H2,1-2H3. The van der Waals surface area contributed by atoms with Gasteiger partial charge < -0.3 is 10.1 Å². The molecule has 0 aliphatic rings. The van der Waals surface area contributed by atoms with Crippen molar-refractivity contribution in [2.75, 3.05) is 19.0 Å². The number of nitrogens with one attached hydrogen (secondary N) is 1. The summed E-state index contributed by atoms with van der Waals surface area (Å²) in [4.78, 5) is 10.8. The fourth-order valence-electron chi connectivity index (χ4n) is 1.19. The summed E-state index contributed by atoms with van der Waals surface area (Å²) in [5, 5.41) is 2.98. The van der Waals surface area contributed by atoms with Crippen LogP contribution in [-0.4, -0.2) is 19.6 Å². The number of benzene rings is 1. The highest BCUT2D eigenvalue weighted by atomic mass is 19.1. The predicted molar refractivity (Wildman–Crippen MR) is 56.3 cm³/mol. The van der Waals surface area contributed by atoms with Gasteiger partial charge in [0.1, 0.15) is 5.82 Å². The molecule has 0 spiro atoms. The maximum absolute atomic E-state index is 12.9. The molecular weight excluding hydrogens is 197 g/mol. The van der Waals surface area contributed by atoms with Crippen LogP contribution in [0.5, 0.6) is 0 Å². The van der Waals surface area contributed by atoms with E-state index < -0.39 is 0 Å². The molecule has 0 fully saturated rings. The Hall–Kier alpha value is -1.58. The largest absolute Gasteiger partial charge is 0.469 e. The number of anilines is 1. The van der Waals surface area contributed by atoms with Gasteiger partial charge >= 0.3 is 5.97 Å². The molecule has 4 heteroatoms. The molecule has 3 nitrogen and oxygen atoms in total. The molecule has 0 unspecified atom stereocenters. The summed E-state index contributed by atoms with van der Waals surface area (Å²) in [6, 6.07) is 4.50. The van der Waals surface area contributed by atoms with Crippen LogP contribution in [0.15, 0.2) is 18.2 Å². The van der Waals surface area contributed by atoms with Crippen molar-refractivity contribution in [3.05, 3.63) is 29.6 Å². The summed E-state index contributed by atoms with van der Waals surface area (Å²) in [6.45, 7) is 2.32. The van der Waals surface area contributed by atoms with Gasteiger partial charge in [0.25, 0.3) is 0 Å². The minimum atomic E-state index is -0.291. The molecule has 0 saturated heterocycles. The number of esters is 1. The summed E-state index contributed by atoms with van der Waals surface area (Å²) >= 11 is 0. The van der Waals surface area contributed by atoms with Gasteiger partial charge in [-0.2, -0.15) is 0 Å². The molecule has 0 saturated carbocycles. The first kappa shape index (κ1) is 11.5. The second-order valence-corrected chi connectivity index (χ2v) is 3.21. The lowest BCUT2D eigenvalue weighted by molar-refractivity contribution is -0.140. The first-order chi connectivity index (χ1) is 7.13. The minimum Gasteiger partial charge on any atom is -0.469 e. The molecule has 1 aromatic rings. The van der Waals surface area contributed by atoms with Crippen molar-refractivity contribution < 1.29 is 13.9 Å². The zero-order chi connectivity index (χ0) is 11.3. The smallest absolute Gasteiger partial charge is 0.307 e. The third-order valence-electron chi connectivity index (χ3n) is 2.07. The molecule has 0 atom stereocenters. The molecule has 0 amide bonds. The third kappa shape index (κ3) is 3.58. The van der Waals surface area contributed by atoms with Crippen molar-refractivity contribution in [1.29, 1.82) is 0 Å². The van der Waals surface area contributed by atoms with Gasteiger partial charge in [-0.25, -0.2) is 4.39 Å². The van der Waals surface area contributed by atoms with Crippen molar-refractivity contribution in [2.45, 2.75) is 13.3 Å².